The number of rotatable bonds is 3. The number of ether oxygens (including phenoxy) is 1. The Balaban J connectivity index is 1.47. The quantitative estimate of drug-likeness (QED) is 0.786. The number of ketones is 1. The van der Waals surface area contributed by atoms with E-state index in [4.69, 9.17) is 9.15 Å². The number of aryl methyl sites for hydroxylation is 1. The molecule has 4 atom stereocenters. The highest BCUT2D eigenvalue weighted by Crippen LogP contribution is 2.63. The van der Waals surface area contributed by atoms with Gasteiger partial charge in [0.05, 0.1) is 12.5 Å². The summed E-state index contributed by atoms with van der Waals surface area (Å²) in [6, 6.07) is 4.87. The van der Waals surface area contributed by atoms with Crippen LogP contribution in [0.4, 0.5) is 0 Å². The summed E-state index contributed by atoms with van der Waals surface area (Å²) in [5.41, 5.74) is 6.30. The third-order valence-corrected chi connectivity index (χ3v) is 8.58. The molecule has 2 aromatic rings. The van der Waals surface area contributed by atoms with Crippen molar-refractivity contribution in [3.8, 4) is 16.9 Å². The van der Waals surface area contributed by atoms with Gasteiger partial charge in [-0.2, -0.15) is 0 Å². The second kappa shape index (κ2) is 5.54. The van der Waals surface area contributed by atoms with Crippen molar-refractivity contribution in [2.45, 2.75) is 63.0 Å². The molecule has 0 amide bonds. The molecule has 3 unspecified atom stereocenters. The van der Waals surface area contributed by atoms with Crippen LogP contribution in [0.1, 0.15) is 48.8 Å². The van der Waals surface area contributed by atoms with Crippen molar-refractivity contribution < 1.29 is 13.9 Å². The number of hydrogen-bond donors (Lipinski definition) is 0. The predicted molar refractivity (Wildman–Crippen MR) is 109 cm³/mol. The lowest BCUT2D eigenvalue weighted by molar-refractivity contribution is -0.138. The highest BCUT2D eigenvalue weighted by atomic mass is 16.5. The van der Waals surface area contributed by atoms with E-state index in [1.807, 2.05) is 6.26 Å². The van der Waals surface area contributed by atoms with Crippen LogP contribution in [0.3, 0.4) is 0 Å². The standard InChI is InChI=1S/C25H27NO3/c1-14-10-17(16-6-9-28-13-16)18-11-20-19-4-5-21(27)24-25(19,22(18)23(14)29-24)7-8-26(20)12-15-2-3-15/h6,9-10,13,15,19-20,24H,2-5,7-8,11-12H2,1H3/t19?,20?,24?,25-/m1/s1. The van der Waals surface area contributed by atoms with E-state index in [1.54, 1.807) is 6.26 Å². The average Bonchev–Trinajstić information content (AvgIpc) is 3.23. The fourth-order valence-corrected chi connectivity index (χ4v) is 7.21. The van der Waals surface area contributed by atoms with Crippen LogP contribution < -0.4 is 4.74 Å². The highest BCUT2D eigenvalue weighted by molar-refractivity contribution is 5.90. The van der Waals surface area contributed by atoms with Gasteiger partial charge in [-0.1, -0.05) is 0 Å². The Kier molecular flexibility index (Phi) is 3.19. The van der Waals surface area contributed by atoms with Gasteiger partial charge in [-0.15, -0.1) is 0 Å². The van der Waals surface area contributed by atoms with Gasteiger partial charge in [0.1, 0.15) is 5.75 Å². The number of carbonyl (C=O) groups excluding carboxylic acids is 1. The topological polar surface area (TPSA) is 42.7 Å². The van der Waals surface area contributed by atoms with Crippen LogP contribution in [0.5, 0.6) is 5.75 Å². The maximum Gasteiger partial charge on any atom is 0.174 e. The van der Waals surface area contributed by atoms with Crippen LogP contribution >= 0.6 is 0 Å². The maximum absolute atomic E-state index is 13.1. The number of likely N-dealkylation sites (tertiary alicyclic amines) is 1. The van der Waals surface area contributed by atoms with Gasteiger partial charge < -0.3 is 9.15 Å². The van der Waals surface area contributed by atoms with Crippen LogP contribution in [0.25, 0.3) is 11.1 Å². The molecule has 3 aliphatic carbocycles. The molecule has 3 heterocycles. The van der Waals surface area contributed by atoms with Crippen molar-refractivity contribution in [1.29, 1.82) is 0 Å². The summed E-state index contributed by atoms with van der Waals surface area (Å²) in [6.45, 7) is 4.49. The minimum atomic E-state index is -0.265. The first-order valence-corrected chi connectivity index (χ1v) is 11.3. The van der Waals surface area contributed by atoms with E-state index in [9.17, 15) is 4.79 Å². The molecular formula is C25H27NO3. The Morgan fingerprint density at radius 3 is 2.97 bits per heavy atom. The molecule has 1 saturated heterocycles. The maximum atomic E-state index is 13.1. The molecule has 5 aliphatic rings. The van der Waals surface area contributed by atoms with Crippen molar-refractivity contribution >= 4 is 5.78 Å². The van der Waals surface area contributed by atoms with Crippen LogP contribution in [0.2, 0.25) is 0 Å². The Labute approximate surface area is 171 Å². The van der Waals surface area contributed by atoms with Crippen molar-refractivity contribution in [1.82, 2.24) is 4.90 Å². The monoisotopic (exact) mass is 389 g/mol. The van der Waals surface area contributed by atoms with Crippen molar-refractivity contribution in [3.63, 3.8) is 0 Å². The number of furan rings is 1. The second-order valence-electron chi connectivity index (χ2n) is 10.0. The Hall–Kier alpha value is -2.07. The molecule has 1 aromatic heterocycles. The first-order chi connectivity index (χ1) is 14.2. The SMILES string of the molecule is Cc1cc(-c2ccoc2)c2c3c1OC1C(=O)CCC4C(C2)N(CC2CC2)CC[C@@]314. The van der Waals surface area contributed by atoms with E-state index >= 15 is 0 Å². The van der Waals surface area contributed by atoms with Crippen LogP contribution in [-0.2, 0) is 16.6 Å². The number of hydrogen-bond acceptors (Lipinski definition) is 4. The summed E-state index contributed by atoms with van der Waals surface area (Å²) >= 11 is 0. The fourth-order valence-electron chi connectivity index (χ4n) is 7.21. The second-order valence-corrected chi connectivity index (χ2v) is 10.0. The summed E-state index contributed by atoms with van der Waals surface area (Å²) in [5, 5.41) is 0. The molecule has 2 saturated carbocycles. The molecule has 4 nitrogen and oxygen atoms in total. The molecule has 1 spiro atoms. The van der Waals surface area contributed by atoms with Crippen molar-refractivity contribution in [2.24, 2.45) is 11.8 Å². The van der Waals surface area contributed by atoms with Gasteiger partial charge in [0.15, 0.2) is 11.9 Å². The van der Waals surface area contributed by atoms with Crippen LogP contribution in [-0.4, -0.2) is 35.9 Å². The van der Waals surface area contributed by atoms with E-state index in [0.29, 0.717) is 24.2 Å². The lowest BCUT2D eigenvalue weighted by Gasteiger charge is -2.58. The van der Waals surface area contributed by atoms with Crippen molar-refractivity contribution in [3.05, 3.63) is 41.3 Å². The zero-order valence-corrected chi connectivity index (χ0v) is 16.9. The van der Waals surface area contributed by atoms with E-state index in [0.717, 1.165) is 48.6 Å². The third kappa shape index (κ3) is 2.06. The lowest BCUT2D eigenvalue weighted by atomic mass is 9.51. The Morgan fingerprint density at radius 2 is 2.17 bits per heavy atom. The molecule has 4 heteroatoms. The van der Waals surface area contributed by atoms with Crippen molar-refractivity contribution in [2.75, 3.05) is 13.1 Å². The summed E-state index contributed by atoms with van der Waals surface area (Å²) in [7, 11) is 0. The van der Waals surface area contributed by atoms with E-state index in [1.165, 1.54) is 36.1 Å². The van der Waals surface area contributed by atoms with Gasteiger partial charge in [0.25, 0.3) is 0 Å². The minimum absolute atomic E-state index is 0.104. The summed E-state index contributed by atoms with van der Waals surface area (Å²) in [4.78, 5) is 15.8. The zero-order valence-electron chi connectivity index (χ0n) is 16.9. The Bertz CT molecular complexity index is 1020. The van der Waals surface area contributed by atoms with E-state index < -0.39 is 0 Å². The summed E-state index contributed by atoms with van der Waals surface area (Å²) < 4.78 is 12.0. The normalized spacial score (nSPS) is 34.8. The number of carbonyl (C=O) groups is 1. The molecule has 3 fully saturated rings. The smallest absolute Gasteiger partial charge is 0.174 e. The Morgan fingerprint density at radius 1 is 1.28 bits per heavy atom. The average molecular weight is 389 g/mol. The summed E-state index contributed by atoms with van der Waals surface area (Å²) in [6.07, 6.45) is 9.99. The molecule has 150 valence electrons. The molecule has 2 aliphatic heterocycles. The minimum Gasteiger partial charge on any atom is -0.481 e. The molecule has 0 N–H and O–H groups in total. The van der Waals surface area contributed by atoms with Gasteiger partial charge in [-0.05, 0) is 86.2 Å². The van der Waals surface area contributed by atoms with Crippen LogP contribution in [0.15, 0.2) is 29.1 Å². The lowest BCUT2D eigenvalue weighted by Crippen LogP contribution is -2.66. The van der Waals surface area contributed by atoms with Gasteiger partial charge in [0, 0.05) is 35.5 Å². The number of piperidine rings is 1. The molecular weight excluding hydrogens is 362 g/mol. The molecule has 0 radical (unpaired) electrons. The number of nitrogens with zero attached hydrogens (tertiary/aromatic N) is 1. The zero-order chi connectivity index (χ0) is 19.3. The molecule has 2 bridgehead atoms. The predicted octanol–water partition coefficient (Wildman–Crippen LogP) is 4.27. The third-order valence-electron chi connectivity index (χ3n) is 8.58. The first kappa shape index (κ1) is 16.7. The van der Waals surface area contributed by atoms with Crippen LogP contribution in [0, 0.1) is 18.8 Å². The highest BCUT2D eigenvalue weighted by Gasteiger charge is 2.66. The molecule has 7 rings (SSSR count). The van der Waals surface area contributed by atoms with Gasteiger partial charge in [-0.25, -0.2) is 0 Å². The van der Waals surface area contributed by atoms with E-state index in [2.05, 4.69) is 24.0 Å². The van der Waals surface area contributed by atoms with Gasteiger partial charge >= 0.3 is 0 Å². The molecule has 1 aromatic carbocycles. The van der Waals surface area contributed by atoms with Gasteiger partial charge in [0.2, 0.25) is 0 Å². The van der Waals surface area contributed by atoms with Gasteiger partial charge in [-0.3, -0.25) is 9.69 Å². The summed E-state index contributed by atoms with van der Waals surface area (Å²) in [5.74, 6) is 2.79. The fraction of sp³-hybridized carbons (Fsp3) is 0.560. The number of Topliss-reactive ketones (excluding diaryl/α,β-unsaturated/α-hetero) is 1. The first-order valence-electron chi connectivity index (χ1n) is 11.3. The molecule has 29 heavy (non-hydrogen) atoms. The largest absolute Gasteiger partial charge is 0.481 e. The van der Waals surface area contributed by atoms with E-state index in [-0.39, 0.29) is 11.5 Å². The number of benzene rings is 1.